The Bertz CT molecular complexity index is 573. The third-order valence-electron chi connectivity index (χ3n) is 3.75. The van der Waals surface area contributed by atoms with Crippen LogP contribution in [0.4, 0.5) is 4.79 Å². The SMILES string of the molecule is COC[C@H](NC(=O)N1C[C@@H](C)O[C@@H](C(=O)OC)C1)c1ccc(C)o1. The van der Waals surface area contributed by atoms with E-state index >= 15 is 0 Å². The summed E-state index contributed by atoms with van der Waals surface area (Å²) in [5.41, 5.74) is 0. The van der Waals surface area contributed by atoms with Gasteiger partial charge in [0.1, 0.15) is 17.6 Å². The average molecular weight is 340 g/mol. The second kappa shape index (κ2) is 8.16. The van der Waals surface area contributed by atoms with Crippen molar-refractivity contribution in [2.24, 2.45) is 0 Å². The monoisotopic (exact) mass is 340 g/mol. The molecule has 1 aromatic rings. The van der Waals surface area contributed by atoms with Crippen LogP contribution in [-0.2, 0) is 19.0 Å². The Labute approximate surface area is 141 Å². The molecule has 24 heavy (non-hydrogen) atoms. The number of methoxy groups -OCH3 is 2. The number of ether oxygens (including phenoxy) is 3. The maximum absolute atomic E-state index is 12.6. The normalized spacial score (nSPS) is 22.1. The third-order valence-corrected chi connectivity index (χ3v) is 3.75. The van der Waals surface area contributed by atoms with Crippen molar-refractivity contribution in [3.05, 3.63) is 23.7 Å². The van der Waals surface area contributed by atoms with Crippen LogP contribution >= 0.6 is 0 Å². The molecule has 2 heterocycles. The zero-order valence-electron chi connectivity index (χ0n) is 14.4. The number of furan rings is 1. The van der Waals surface area contributed by atoms with Gasteiger partial charge >= 0.3 is 12.0 Å². The molecule has 1 saturated heterocycles. The molecule has 1 aliphatic heterocycles. The summed E-state index contributed by atoms with van der Waals surface area (Å²) < 4.78 is 21.0. The fourth-order valence-corrected chi connectivity index (χ4v) is 2.62. The molecule has 0 bridgehead atoms. The third kappa shape index (κ3) is 4.48. The molecule has 1 N–H and O–H groups in total. The largest absolute Gasteiger partial charge is 0.467 e. The minimum absolute atomic E-state index is 0.139. The minimum Gasteiger partial charge on any atom is -0.467 e. The molecule has 0 saturated carbocycles. The van der Waals surface area contributed by atoms with Crippen molar-refractivity contribution in [2.45, 2.75) is 32.1 Å². The van der Waals surface area contributed by atoms with Crippen LogP contribution in [0.3, 0.4) is 0 Å². The number of esters is 1. The summed E-state index contributed by atoms with van der Waals surface area (Å²) in [6, 6.07) is 2.91. The van der Waals surface area contributed by atoms with Gasteiger partial charge in [0, 0.05) is 13.7 Å². The Balaban J connectivity index is 2.04. The molecule has 0 spiro atoms. The highest BCUT2D eigenvalue weighted by atomic mass is 16.6. The summed E-state index contributed by atoms with van der Waals surface area (Å²) in [4.78, 5) is 25.8. The van der Waals surface area contributed by atoms with Gasteiger partial charge in [-0.2, -0.15) is 0 Å². The summed E-state index contributed by atoms with van der Waals surface area (Å²) >= 11 is 0. The second-order valence-electron chi connectivity index (χ2n) is 5.77. The van der Waals surface area contributed by atoms with Gasteiger partial charge in [-0.3, -0.25) is 0 Å². The van der Waals surface area contributed by atoms with E-state index in [-0.39, 0.29) is 25.3 Å². The van der Waals surface area contributed by atoms with Crippen LogP contribution in [0.25, 0.3) is 0 Å². The van der Waals surface area contributed by atoms with E-state index in [1.165, 1.54) is 12.0 Å². The van der Waals surface area contributed by atoms with Gasteiger partial charge in [-0.05, 0) is 26.0 Å². The van der Waals surface area contributed by atoms with Gasteiger partial charge < -0.3 is 28.8 Å². The Kier molecular flexibility index (Phi) is 6.22. The van der Waals surface area contributed by atoms with Gasteiger partial charge in [-0.15, -0.1) is 0 Å². The lowest BCUT2D eigenvalue weighted by Crippen LogP contribution is -2.55. The van der Waals surface area contributed by atoms with Crippen molar-refractivity contribution in [1.29, 1.82) is 0 Å². The number of morpholine rings is 1. The van der Waals surface area contributed by atoms with Gasteiger partial charge in [-0.25, -0.2) is 9.59 Å². The van der Waals surface area contributed by atoms with Crippen molar-refractivity contribution >= 4 is 12.0 Å². The molecule has 8 nitrogen and oxygen atoms in total. The van der Waals surface area contributed by atoms with E-state index < -0.39 is 18.1 Å². The van der Waals surface area contributed by atoms with Crippen LogP contribution in [0.15, 0.2) is 16.5 Å². The number of hydrogen-bond acceptors (Lipinski definition) is 6. The van der Waals surface area contributed by atoms with E-state index in [9.17, 15) is 9.59 Å². The highest BCUT2D eigenvalue weighted by Gasteiger charge is 2.34. The number of nitrogens with one attached hydrogen (secondary N) is 1. The first-order valence-electron chi connectivity index (χ1n) is 7.78. The van der Waals surface area contributed by atoms with Crippen molar-refractivity contribution in [2.75, 3.05) is 33.9 Å². The van der Waals surface area contributed by atoms with E-state index in [1.807, 2.05) is 13.0 Å². The molecule has 2 rings (SSSR count). The standard InChI is InChI=1S/C16H24N2O6/c1-10-5-6-13(23-10)12(9-21-3)17-16(20)18-7-11(2)24-14(8-18)15(19)22-4/h5-6,11-12,14H,7-9H2,1-4H3,(H,17,20)/t11-,12+,14-/m1/s1. The lowest BCUT2D eigenvalue weighted by molar-refractivity contribution is -0.164. The number of rotatable bonds is 5. The van der Waals surface area contributed by atoms with E-state index in [1.54, 1.807) is 20.1 Å². The lowest BCUT2D eigenvalue weighted by Gasteiger charge is -2.36. The summed E-state index contributed by atoms with van der Waals surface area (Å²) in [5.74, 6) is 0.883. The molecule has 2 amide bonds. The van der Waals surface area contributed by atoms with Gasteiger partial charge in [0.15, 0.2) is 6.10 Å². The highest BCUT2D eigenvalue weighted by Crippen LogP contribution is 2.18. The Morgan fingerprint density at radius 2 is 2.12 bits per heavy atom. The van der Waals surface area contributed by atoms with Crippen molar-refractivity contribution in [3.8, 4) is 0 Å². The minimum atomic E-state index is -0.781. The first kappa shape index (κ1) is 18.3. The predicted octanol–water partition coefficient (Wildman–Crippen LogP) is 1.25. The number of amides is 2. The fourth-order valence-electron chi connectivity index (χ4n) is 2.62. The number of hydrogen-bond donors (Lipinski definition) is 1. The topological polar surface area (TPSA) is 90.2 Å². The number of urea groups is 1. The second-order valence-corrected chi connectivity index (χ2v) is 5.77. The first-order valence-corrected chi connectivity index (χ1v) is 7.78. The van der Waals surface area contributed by atoms with Crippen LogP contribution in [0.1, 0.15) is 24.5 Å². The molecule has 0 aliphatic carbocycles. The highest BCUT2D eigenvalue weighted by molar-refractivity contribution is 5.78. The number of aryl methyl sites for hydroxylation is 1. The summed E-state index contributed by atoms with van der Waals surface area (Å²) in [6.07, 6.45) is -1.04. The summed E-state index contributed by atoms with van der Waals surface area (Å²) in [7, 11) is 2.85. The van der Waals surface area contributed by atoms with Crippen molar-refractivity contribution in [1.82, 2.24) is 10.2 Å². The summed E-state index contributed by atoms with van der Waals surface area (Å²) in [5, 5.41) is 2.88. The Hall–Kier alpha value is -2.06. The number of carbonyl (C=O) groups is 2. The molecule has 1 aliphatic rings. The quantitative estimate of drug-likeness (QED) is 0.811. The number of nitrogens with zero attached hydrogens (tertiary/aromatic N) is 1. The van der Waals surface area contributed by atoms with Crippen LogP contribution in [0, 0.1) is 6.92 Å². The molecule has 134 valence electrons. The van der Waals surface area contributed by atoms with Gasteiger partial charge in [-0.1, -0.05) is 0 Å². The zero-order chi connectivity index (χ0) is 17.7. The molecule has 0 aromatic carbocycles. The van der Waals surface area contributed by atoms with Crippen LogP contribution in [0.5, 0.6) is 0 Å². The Morgan fingerprint density at radius 1 is 1.38 bits per heavy atom. The lowest BCUT2D eigenvalue weighted by atomic mass is 10.2. The Morgan fingerprint density at radius 3 is 2.71 bits per heavy atom. The van der Waals surface area contributed by atoms with Crippen molar-refractivity contribution in [3.63, 3.8) is 0 Å². The van der Waals surface area contributed by atoms with Gasteiger partial charge in [0.05, 0.1) is 26.4 Å². The maximum Gasteiger partial charge on any atom is 0.336 e. The maximum atomic E-state index is 12.6. The molecular weight excluding hydrogens is 316 g/mol. The zero-order valence-corrected chi connectivity index (χ0v) is 14.4. The fraction of sp³-hybridized carbons (Fsp3) is 0.625. The van der Waals surface area contributed by atoms with Crippen molar-refractivity contribution < 1.29 is 28.2 Å². The molecule has 1 aromatic heterocycles. The van der Waals surface area contributed by atoms with E-state index in [2.05, 4.69) is 5.32 Å². The molecule has 1 fully saturated rings. The van der Waals surface area contributed by atoms with E-state index in [0.717, 1.165) is 5.76 Å². The smallest absolute Gasteiger partial charge is 0.336 e. The number of carbonyl (C=O) groups excluding carboxylic acids is 2. The van der Waals surface area contributed by atoms with E-state index in [0.29, 0.717) is 12.3 Å². The molecular formula is C16H24N2O6. The van der Waals surface area contributed by atoms with Gasteiger partial charge in [0.25, 0.3) is 0 Å². The molecule has 8 heteroatoms. The molecule has 3 atom stereocenters. The van der Waals surface area contributed by atoms with Crippen LogP contribution in [-0.4, -0.2) is 63.0 Å². The average Bonchev–Trinajstić information content (AvgIpc) is 2.99. The predicted molar refractivity (Wildman–Crippen MR) is 84.5 cm³/mol. The van der Waals surface area contributed by atoms with Gasteiger partial charge in [0.2, 0.25) is 0 Å². The molecule has 0 radical (unpaired) electrons. The van der Waals surface area contributed by atoms with Crippen LogP contribution in [0.2, 0.25) is 0 Å². The summed E-state index contributed by atoms with van der Waals surface area (Å²) in [6.45, 7) is 4.44. The molecule has 0 unspecified atom stereocenters. The van der Waals surface area contributed by atoms with E-state index in [4.69, 9.17) is 18.6 Å². The van der Waals surface area contributed by atoms with Crippen LogP contribution < -0.4 is 5.32 Å². The first-order chi connectivity index (χ1) is 11.4.